The molecule has 1 heterocycles. The summed E-state index contributed by atoms with van der Waals surface area (Å²) in [5.41, 5.74) is 1.11. The fourth-order valence-electron chi connectivity index (χ4n) is 1.90. The minimum absolute atomic E-state index is 0. The molecule has 0 aliphatic heterocycles. The largest absolute Gasteiger partial charge is 0.481 e. The molecule has 0 saturated carbocycles. The van der Waals surface area contributed by atoms with E-state index in [1.54, 1.807) is 20.4 Å². The lowest BCUT2D eigenvalue weighted by Crippen LogP contribution is -2.39. The molecule has 0 aliphatic rings. The van der Waals surface area contributed by atoms with Gasteiger partial charge in [-0.1, -0.05) is 26.7 Å². The maximum atomic E-state index is 5.11. The van der Waals surface area contributed by atoms with Gasteiger partial charge in [0.2, 0.25) is 5.88 Å². The van der Waals surface area contributed by atoms with Crippen LogP contribution in [0.4, 0.5) is 0 Å². The number of ether oxygens (including phenoxy) is 1. The average molecular weight is 406 g/mol. The molecule has 0 aliphatic carbocycles. The van der Waals surface area contributed by atoms with Crippen LogP contribution in [0.1, 0.15) is 32.3 Å². The summed E-state index contributed by atoms with van der Waals surface area (Å²) in [5, 5.41) is 6.66. The monoisotopic (exact) mass is 406 g/mol. The number of nitrogens with one attached hydrogen (secondary N) is 2. The summed E-state index contributed by atoms with van der Waals surface area (Å²) in [6, 6.07) is 3.88. The number of methoxy groups -OCH3 is 1. The summed E-state index contributed by atoms with van der Waals surface area (Å²) >= 11 is 0. The molecule has 1 aromatic heterocycles. The van der Waals surface area contributed by atoms with Gasteiger partial charge in [-0.05, 0) is 17.5 Å². The molecule has 0 unspecified atom stereocenters. The van der Waals surface area contributed by atoms with Gasteiger partial charge in [-0.15, -0.1) is 24.0 Å². The van der Waals surface area contributed by atoms with Crippen molar-refractivity contribution in [2.75, 3.05) is 20.7 Å². The van der Waals surface area contributed by atoms with Gasteiger partial charge in [-0.25, -0.2) is 4.98 Å². The molecule has 0 radical (unpaired) electrons. The van der Waals surface area contributed by atoms with Crippen LogP contribution in [-0.2, 0) is 6.54 Å². The van der Waals surface area contributed by atoms with E-state index in [1.807, 2.05) is 12.1 Å². The lowest BCUT2D eigenvalue weighted by molar-refractivity contribution is 0.397. The van der Waals surface area contributed by atoms with Gasteiger partial charge in [0, 0.05) is 32.4 Å². The van der Waals surface area contributed by atoms with Gasteiger partial charge < -0.3 is 15.4 Å². The molecular formula is C15H27IN4O. The summed E-state index contributed by atoms with van der Waals surface area (Å²) in [4.78, 5) is 8.32. The first kappa shape index (κ1) is 19.9. The highest BCUT2D eigenvalue weighted by Crippen LogP contribution is 2.08. The second-order valence-electron chi connectivity index (χ2n) is 4.70. The standard InChI is InChI=1S/C15H26N4O.HI/c1-5-12(6-2)10-18-15(16-3)19-11-13-7-8-17-14(9-13)20-4;/h7-9,12H,5-6,10-11H2,1-4H3,(H2,16,18,19);1H. The molecule has 0 fully saturated rings. The summed E-state index contributed by atoms with van der Waals surface area (Å²) in [6.45, 7) is 6.08. The number of guanidine groups is 1. The zero-order chi connectivity index (χ0) is 14.8. The Balaban J connectivity index is 0.00000400. The lowest BCUT2D eigenvalue weighted by atomic mass is 10.0. The molecular weight excluding hydrogens is 379 g/mol. The van der Waals surface area contributed by atoms with Gasteiger partial charge in [0.25, 0.3) is 0 Å². The Morgan fingerprint density at radius 3 is 2.62 bits per heavy atom. The van der Waals surface area contributed by atoms with Crippen molar-refractivity contribution < 1.29 is 4.74 Å². The molecule has 0 bridgehead atoms. The smallest absolute Gasteiger partial charge is 0.213 e. The number of aromatic nitrogens is 1. The van der Waals surface area contributed by atoms with Gasteiger partial charge in [0.05, 0.1) is 7.11 Å². The third kappa shape index (κ3) is 7.50. The van der Waals surface area contributed by atoms with E-state index >= 15 is 0 Å². The molecule has 5 nitrogen and oxygen atoms in total. The quantitative estimate of drug-likeness (QED) is 0.416. The third-order valence-corrected chi connectivity index (χ3v) is 3.40. The second-order valence-corrected chi connectivity index (χ2v) is 4.70. The Morgan fingerprint density at radius 2 is 2.05 bits per heavy atom. The van der Waals surface area contributed by atoms with Gasteiger partial charge in [-0.3, -0.25) is 4.99 Å². The first-order valence-electron chi connectivity index (χ1n) is 7.16. The van der Waals surface area contributed by atoms with Crippen LogP contribution in [-0.4, -0.2) is 31.6 Å². The summed E-state index contributed by atoms with van der Waals surface area (Å²) in [6.07, 6.45) is 4.11. The summed E-state index contributed by atoms with van der Waals surface area (Å²) < 4.78 is 5.11. The Bertz CT molecular complexity index is 422. The maximum Gasteiger partial charge on any atom is 0.213 e. The highest BCUT2D eigenvalue weighted by atomic mass is 127. The minimum Gasteiger partial charge on any atom is -0.481 e. The molecule has 1 aromatic rings. The zero-order valence-corrected chi connectivity index (χ0v) is 15.7. The first-order valence-corrected chi connectivity index (χ1v) is 7.16. The molecule has 1 rings (SSSR count). The van der Waals surface area contributed by atoms with E-state index in [1.165, 1.54) is 12.8 Å². The van der Waals surface area contributed by atoms with Crippen LogP contribution in [0.2, 0.25) is 0 Å². The van der Waals surface area contributed by atoms with E-state index in [0.717, 1.165) is 18.1 Å². The third-order valence-electron chi connectivity index (χ3n) is 3.40. The summed E-state index contributed by atoms with van der Waals surface area (Å²) in [5.74, 6) is 2.14. The number of aliphatic imine (C=N–C) groups is 1. The minimum atomic E-state index is 0. The van der Waals surface area contributed by atoms with Gasteiger partial charge >= 0.3 is 0 Å². The predicted octanol–water partition coefficient (Wildman–Crippen LogP) is 2.81. The second kappa shape index (κ2) is 11.6. The Hall–Kier alpha value is -1.05. The molecule has 120 valence electrons. The van der Waals surface area contributed by atoms with E-state index in [9.17, 15) is 0 Å². The molecule has 2 N–H and O–H groups in total. The average Bonchev–Trinajstić information content (AvgIpc) is 2.51. The van der Waals surface area contributed by atoms with Crippen LogP contribution in [0, 0.1) is 5.92 Å². The number of rotatable bonds is 7. The van der Waals surface area contributed by atoms with Gasteiger partial charge in [-0.2, -0.15) is 0 Å². The summed E-state index contributed by atoms with van der Waals surface area (Å²) in [7, 11) is 3.41. The van der Waals surface area contributed by atoms with Crippen molar-refractivity contribution in [2.24, 2.45) is 10.9 Å². The van der Waals surface area contributed by atoms with Crippen LogP contribution in [0.15, 0.2) is 23.3 Å². The van der Waals surface area contributed by atoms with Crippen LogP contribution >= 0.6 is 24.0 Å². The number of pyridine rings is 1. The zero-order valence-electron chi connectivity index (χ0n) is 13.3. The SMILES string of the molecule is CCC(CC)CNC(=NC)NCc1ccnc(OC)c1.I. The van der Waals surface area contributed by atoms with Crippen LogP contribution < -0.4 is 15.4 Å². The molecule has 0 amide bonds. The highest BCUT2D eigenvalue weighted by molar-refractivity contribution is 14.0. The molecule has 0 saturated heterocycles. The Labute approximate surface area is 145 Å². The van der Waals surface area contributed by atoms with Crippen molar-refractivity contribution in [1.82, 2.24) is 15.6 Å². The number of hydrogen-bond acceptors (Lipinski definition) is 3. The van der Waals surface area contributed by atoms with Crippen molar-refractivity contribution in [3.8, 4) is 5.88 Å². The van der Waals surface area contributed by atoms with E-state index in [0.29, 0.717) is 18.3 Å². The number of hydrogen-bond donors (Lipinski definition) is 2. The first-order chi connectivity index (χ1) is 9.73. The molecule has 0 aromatic carbocycles. The fraction of sp³-hybridized carbons (Fsp3) is 0.600. The van der Waals surface area contributed by atoms with Crippen LogP contribution in [0.5, 0.6) is 5.88 Å². The molecule has 0 atom stereocenters. The fourth-order valence-corrected chi connectivity index (χ4v) is 1.90. The van der Waals surface area contributed by atoms with Crippen molar-refractivity contribution >= 4 is 29.9 Å². The molecule has 6 heteroatoms. The van der Waals surface area contributed by atoms with E-state index in [-0.39, 0.29) is 24.0 Å². The van der Waals surface area contributed by atoms with Gasteiger partial charge in [0.15, 0.2) is 5.96 Å². The van der Waals surface area contributed by atoms with Gasteiger partial charge in [0.1, 0.15) is 0 Å². The Kier molecular flexibility index (Phi) is 11.0. The predicted molar refractivity (Wildman–Crippen MR) is 98.5 cm³/mol. The van der Waals surface area contributed by atoms with Crippen LogP contribution in [0.3, 0.4) is 0 Å². The highest BCUT2D eigenvalue weighted by Gasteiger charge is 2.05. The molecule has 21 heavy (non-hydrogen) atoms. The molecule has 0 spiro atoms. The van der Waals surface area contributed by atoms with Crippen LogP contribution in [0.25, 0.3) is 0 Å². The topological polar surface area (TPSA) is 58.5 Å². The van der Waals surface area contributed by atoms with Crippen molar-refractivity contribution in [3.63, 3.8) is 0 Å². The normalized spacial score (nSPS) is 11.0. The van der Waals surface area contributed by atoms with E-state index in [4.69, 9.17) is 4.74 Å². The van der Waals surface area contributed by atoms with Crippen molar-refractivity contribution in [2.45, 2.75) is 33.2 Å². The number of halogens is 1. The van der Waals surface area contributed by atoms with Crippen molar-refractivity contribution in [3.05, 3.63) is 23.9 Å². The van der Waals surface area contributed by atoms with E-state index in [2.05, 4.69) is 34.5 Å². The Morgan fingerprint density at radius 1 is 1.33 bits per heavy atom. The van der Waals surface area contributed by atoms with E-state index < -0.39 is 0 Å². The van der Waals surface area contributed by atoms with Crippen molar-refractivity contribution in [1.29, 1.82) is 0 Å². The maximum absolute atomic E-state index is 5.11. The number of nitrogens with zero attached hydrogens (tertiary/aromatic N) is 2. The lowest BCUT2D eigenvalue weighted by Gasteiger charge is -2.16.